The predicted octanol–water partition coefficient (Wildman–Crippen LogP) is 1.90. The van der Waals surface area contributed by atoms with E-state index in [4.69, 9.17) is 5.73 Å². The number of hydrogen-bond donors (Lipinski definition) is 2. The Kier molecular flexibility index (Phi) is 2.00. The fourth-order valence-corrected chi connectivity index (χ4v) is 1.53. The van der Waals surface area contributed by atoms with Crippen molar-refractivity contribution in [3.05, 3.63) is 29.8 Å². The number of hydrogen-bond acceptors (Lipinski definition) is 2. The van der Waals surface area contributed by atoms with Crippen LogP contribution < -0.4 is 11.1 Å². The fraction of sp³-hybridized carbons (Fsp3) is 0.455. The summed E-state index contributed by atoms with van der Waals surface area (Å²) in [7, 11) is 0. The highest BCUT2D eigenvalue weighted by Crippen LogP contribution is 2.38. The summed E-state index contributed by atoms with van der Waals surface area (Å²) in [6.45, 7) is 2.86. The topological polar surface area (TPSA) is 38.0 Å². The molecule has 70 valence electrons. The maximum atomic E-state index is 5.70. The lowest BCUT2D eigenvalue weighted by Crippen LogP contribution is -2.31. The average molecular weight is 176 g/mol. The van der Waals surface area contributed by atoms with Gasteiger partial charge in [-0.2, -0.15) is 0 Å². The quantitative estimate of drug-likeness (QED) is 0.738. The molecule has 2 heteroatoms. The molecule has 0 spiro atoms. The highest BCUT2D eigenvalue weighted by Gasteiger charge is 2.41. The second kappa shape index (κ2) is 3.04. The van der Waals surface area contributed by atoms with Gasteiger partial charge in [-0.3, -0.25) is 0 Å². The Bertz CT molecular complexity index is 303. The van der Waals surface area contributed by atoms with Crippen LogP contribution in [0.2, 0.25) is 0 Å². The molecule has 0 heterocycles. The van der Waals surface area contributed by atoms with Crippen LogP contribution in [0.1, 0.15) is 18.4 Å². The third-order valence-electron chi connectivity index (χ3n) is 2.79. The standard InChI is InChI=1S/C11H16N2/c1-9-4-2-3-5-10(9)13-11(8-12)6-7-11/h2-5,13H,6-8,12H2,1H3. The number of anilines is 1. The van der Waals surface area contributed by atoms with Gasteiger partial charge in [0.05, 0.1) is 0 Å². The Morgan fingerprint density at radius 3 is 2.62 bits per heavy atom. The molecule has 0 radical (unpaired) electrons. The van der Waals surface area contributed by atoms with Crippen LogP contribution in [0.3, 0.4) is 0 Å². The van der Waals surface area contributed by atoms with Crippen LogP contribution >= 0.6 is 0 Å². The van der Waals surface area contributed by atoms with Crippen LogP contribution in [0, 0.1) is 6.92 Å². The lowest BCUT2D eigenvalue weighted by molar-refractivity contribution is 0.741. The normalized spacial score (nSPS) is 18.3. The first-order chi connectivity index (χ1) is 6.26. The summed E-state index contributed by atoms with van der Waals surface area (Å²) in [5.74, 6) is 0. The smallest absolute Gasteiger partial charge is 0.0497 e. The maximum Gasteiger partial charge on any atom is 0.0497 e. The first-order valence-corrected chi connectivity index (χ1v) is 4.80. The number of nitrogens with two attached hydrogens (primary N) is 1. The summed E-state index contributed by atoms with van der Waals surface area (Å²) in [5.41, 5.74) is 8.44. The number of aryl methyl sites for hydroxylation is 1. The van der Waals surface area contributed by atoms with Gasteiger partial charge in [0.25, 0.3) is 0 Å². The molecule has 0 aliphatic heterocycles. The van der Waals surface area contributed by atoms with Crippen LogP contribution in [0.25, 0.3) is 0 Å². The summed E-state index contributed by atoms with van der Waals surface area (Å²) < 4.78 is 0. The first kappa shape index (κ1) is 8.57. The van der Waals surface area contributed by atoms with Crippen molar-refractivity contribution in [2.75, 3.05) is 11.9 Å². The zero-order chi connectivity index (χ0) is 9.31. The van der Waals surface area contributed by atoms with Crippen molar-refractivity contribution in [3.63, 3.8) is 0 Å². The molecule has 1 aromatic rings. The van der Waals surface area contributed by atoms with Crippen LogP contribution in [-0.2, 0) is 0 Å². The molecule has 0 unspecified atom stereocenters. The van der Waals surface area contributed by atoms with Crippen LogP contribution in [0.4, 0.5) is 5.69 Å². The summed E-state index contributed by atoms with van der Waals surface area (Å²) in [6, 6.07) is 8.35. The molecule has 2 rings (SSSR count). The largest absolute Gasteiger partial charge is 0.378 e. The molecule has 2 nitrogen and oxygen atoms in total. The monoisotopic (exact) mass is 176 g/mol. The van der Waals surface area contributed by atoms with Gasteiger partial charge in [0.1, 0.15) is 0 Å². The summed E-state index contributed by atoms with van der Waals surface area (Å²) >= 11 is 0. The van der Waals surface area contributed by atoms with Gasteiger partial charge in [-0.15, -0.1) is 0 Å². The maximum absolute atomic E-state index is 5.70. The highest BCUT2D eigenvalue weighted by molar-refractivity contribution is 5.53. The minimum Gasteiger partial charge on any atom is -0.378 e. The molecule has 0 atom stereocenters. The second-order valence-corrected chi connectivity index (χ2v) is 3.92. The van der Waals surface area contributed by atoms with E-state index in [1.807, 2.05) is 0 Å². The van der Waals surface area contributed by atoms with Gasteiger partial charge in [0.15, 0.2) is 0 Å². The Morgan fingerprint density at radius 2 is 2.08 bits per heavy atom. The van der Waals surface area contributed by atoms with E-state index in [2.05, 4.69) is 36.5 Å². The molecular weight excluding hydrogens is 160 g/mol. The van der Waals surface area contributed by atoms with Crippen molar-refractivity contribution in [1.29, 1.82) is 0 Å². The Labute approximate surface area is 79.1 Å². The van der Waals surface area contributed by atoms with Crippen molar-refractivity contribution in [1.82, 2.24) is 0 Å². The van der Waals surface area contributed by atoms with Crippen LogP contribution in [0.15, 0.2) is 24.3 Å². The molecule has 0 aromatic heterocycles. The van der Waals surface area contributed by atoms with Crippen molar-refractivity contribution in [3.8, 4) is 0 Å². The molecule has 1 fully saturated rings. The van der Waals surface area contributed by atoms with E-state index in [-0.39, 0.29) is 5.54 Å². The van der Waals surface area contributed by atoms with E-state index in [0.29, 0.717) is 0 Å². The van der Waals surface area contributed by atoms with Gasteiger partial charge in [-0.1, -0.05) is 18.2 Å². The third-order valence-corrected chi connectivity index (χ3v) is 2.79. The molecule has 0 bridgehead atoms. The molecule has 1 aliphatic carbocycles. The van der Waals surface area contributed by atoms with Gasteiger partial charge in [0.2, 0.25) is 0 Å². The molecule has 13 heavy (non-hydrogen) atoms. The predicted molar refractivity (Wildman–Crippen MR) is 55.8 cm³/mol. The lowest BCUT2D eigenvalue weighted by atomic mass is 10.1. The zero-order valence-corrected chi connectivity index (χ0v) is 8.01. The third kappa shape index (κ3) is 1.68. The Morgan fingerprint density at radius 1 is 1.38 bits per heavy atom. The van der Waals surface area contributed by atoms with E-state index >= 15 is 0 Å². The van der Waals surface area contributed by atoms with Gasteiger partial charge in [-0.25, -0.2) is 0 Å². The minimum atomic E-state index is 0.214. The minimum absolute atomic E-state index is 0.214. The summed E-state index contributed by atoms with van der Waals surface area (Å²) in [4.78, 5) is 0. The van der Waals surface area contributed by atoms with Crippen molar-refractivity contribution < 1.29 is 0 Å². The SMILES string of the molecule is Cc1ccccc1NC1(CN)CC1. The van der Waals surface area contributed by atoms with Crippen molar-refractivity contribution >= 4 is 5.69 Å². The molecule has 0 saturated heterocycles. The van der Waals surface area contributed by atoms with Gasteiger partial charge >= 0.3 is 0 Å². The second-order valence-electron chi connectivity index (χ2n) is 3.92. The average Bonchev–Trinajstić information content (AvgIpc) is 2.90. The number of para-hydroxylation sites is 1. The molecular formula is C11H16N2. The Balaban J connectivity index is 2.14. The zero-order valence-electron chi connectivity index (χ0n) is 8.01. The van der Waals surface area contributed by atoms with E-state index < -0.39 is 0 Å². The van der Waals surface area contributed by atoms with Crippen molar-refractivity contribution in [2.24, 2.45) is 5.73 Å². The van der Waals surface area contributed by atoms with E-state index in [0.717, 1.165) is 6.54 Å². The molecule has 1 aromatic carbocycles. The van der Waals surface area contributed by atoms with Crippen LogP contribution in [0.5, 0.6) is 0 Å². The first-order valence-electron chi connectivity index (χ1n) is 4.80. The molecule has 1 aliphatic rings. The molecule has 3 N–H and O–H groups in total. The van der Waals surface area contributed by atoms with Gasteiger partial charge in [-0.05, 0) is 31.4 Å². The van der Waals surface area contributed by atoms with Crippen LogP contribution in [-0.4, -0.2) is 12.1 Å². The van der Waals surface area contributed by atoms with E-state index in [9.17, 15) is 0 Å². The Hall–Kier alpha value is -1.02. The van der Waals surface area contributed by atoms with E-state index in [1.165, 1.54) is 24.1 Å². The molecule has 0 amide bonds. The van der Waals surface area contributed by atoms with Gasteiger partial charge < -0.3 is 11.1 Å². The lowest BCUT2D eigenvalue weighted by Gasteiger charge is -2.17. The summed E-state index contributed by atoms with van der Waals surface area (Å²) in [5, 5.41) is 3.52. The highest BCUT2D eigenvalue weighted by atomic mass is 15.0. The summed E-state index contributed by atoms with van der Waals surface area (Å²) in [6.07, 6.45) is 2.41. The number of rotatable bonds is 3. The number of benzene rings is 1. The fourth-order valence-electron chi connectivity index (χ4n) is 1.53. The molecule has 1 saturated carbocycles. The number of nitrogens with one attached hydrogen (secondary N) is 1. The van der Waals surface area contributed by atoms with Gasteiger partial charge in [0, 0.05) is 17.8 Å². The van der Waals surface area contributed by atoms with Crippen molar-refractivity contribution in [2.45, 2.75) is 25.3 Å². The van der Waals surface area contributed by atoms with E-state index in [1.54, 1.807) is 0 Å².